The van der Waals surface area contributed by atoms with E-state index >= 15 is 0 Å². The van der Waals surface area contributed by atoms with Gasteiger partial charge in [0.1, 0.15) is 0 Å². The molecule has 0 N–H and O–H groups in total. The highest BCUT2D eigenvalue weighted by atomic mass is 33.6. The van der Waals surface area contributed by atoms with Crippen molar-refractivity contribution in [2.24, 2.45) is 0 Å². The van der Waals surface area contributed by atoms with Crippen LogP contribution in [0, 0.1) is 0 Å². The number of rotatable bonds is 3. The highest BCUT2D eigenvalue weighted by molar-refractivity contribution is 9.25. The Kier molecular flexibility index (Phi) is 4.16. The molecule has 0 bridgehead atoms. The lowest BCUT2D eigenvalue weighted by molar-refractivity contribution is 0.694. The minimum atomic E-state index is -2.52. The lowest BCUT2D eigenvalue weighted by Gasteiger charge is -2.38. The molecule has 70 valence electrons. The van der Waals surface area contributed by atoms with E-state index < -0.39 is 14.0 Å². The minimum absolute atomic E-state index is 1.09. The van der Waals surface area contributed by atoms with Gasteiger partial charge >= 0.3 is 0 Å². The normalized spacial score (nSPS) is 17.5. The Labute approximate surface area is 76.6 Å². The van der Waals surface area contributed by atoms with Crippen molar-refractivity contribution >= 4 is 39.3 Å². The molecule has 6 heteroatoms. The third-order valence-electron chi connectivity index (χ3n) is 1.82. The highest BCUT2D eigenvalue weighted by Crippen LogP contribution is 2.81. The predicted molar refractivity (Wildman–Crippen MR) is 71.2 cm³/mol. The first-order chi connectivity index (χ1) is 4.57. The summed E-state index contributed by atoms with van der Waals surface area (Å²) in [6.45, 7) is 5.14. The molecule has 0 spiro atoms. The predicted octanol–water partition coefficient (Wildman–Crippen LogP) is 2.78. The van der Waals surface area contributed by atoms with Gasteiger partial charge in [-0.1, -0.05) is 6.92 Å². The maximum Gasteiger partial charge on any atom is 0.0783 e. The molecule has 0 amide bonds. The monoisotopic (exact) mass is 251 g/mol. The summed E-state index contributed by atoms with van der Waals surface area (Å²) >= 11 is 0. The standard InChI is InChI=1S/C5H19OP4S/c1-4-5-10(2,3)11(6,7,8)9/h4-5,7-9H2,1-3H3/q+1. The fourth-order valence-electron chi connectivity index (χ4n) is 0.734. The first kappa shape index (κ1) is 12.9. The largest absolute Gasteiger partial charge is 0.238 e. The molecule has 0 aliphatic rings. The molecular weight excluding hydrogens is 232 g/mol. The summed E-state index contributed by atoms with van der Waals surface area (Å²) in [7, 11) is 5.05. The van der Waals surface area contributed by atoms with Crippen LogP contribution in [0.4, 0.5) is 0 Å². The molecule has 0 aromatic rings. The molecule has 0 heterocycles. The van der Waals surface area contributed by atoms with Gasteiger partial charge in [-0.3, -0.25) is 0 Å². The summed E-state index contributed by atoms with van der Waals surface area (Å²) in [6.07, 6.45) is 2.21. The zero-order valence-electron chi connectivity index (χ0n) is 7.41. The SMILES string of the molecule is CCC[P+](C)(C)S(=O)(P)(P)P. The molecule has 11 heavy (non-hydrogen) atoms. The first-order valence-electron chi connectivity index (χ1n) is 3.47. The second-order valence-corrected chi connectivity index (χ2v) is 31.7. The van der Waals surface area contributed by atoms with E-state index in [2.05, 4.69) is 45.6 Å². The first-order valence-corrected chi connectivity index (χ1v) is 13.3. The summed E-state index contributed by atoms with van der Waals surface area (Å²) < 4.78 is 12.1. The van der Waals surface area contributed by atoms with Gasteiger partial charge in [-0.15, -0.1) is 0 Å². The zero-order valence-corrected chi connectivity index (χ0v) is 12.6. The van der Waals surface area contributed by atoms with Crippen molar-refractivity contribution in [2.75, 3.05) is 19.5 Å². The quantitative estimate of drug-likeness (QED) is 0.705. The summed E-state index contributed by atoms with van der Waals surface area (Å²) in [5, 5.41) is 0. The Morgan fingerprint density at radius 3 is 1.73 bits per heavy atom. The molecule has 3 unspecified atom stereocenters. The van der Waals surface area contributed by atoms with Crippen molar-refractivity contribution in [3.05, 3.63) is 0 Å². The van der Waals surface area contributed by atoms with E-state index in [-0.39, 0.29) is 0 Å². The lowest BCUT2D eigenvalue weighted by Crippen LogP contribution is -2.12. The topological polar surface area (TPSA) is 17.1 Å². The molecule has 0 saturated heterocycles. The number of hydrogen-bond acceptors (Lipinski definition) is 1. The Balaban J connectivity index is 4.71. The molecular formula is C5H19OP4S+. The third kappa shape index (κ3) is 3.62. The minimum Gasteiger partial charge on any atom is -0.238 e. The fraction of sp³-hybridized carbons (Fsp3) is 1.00. The van der Waals surface area contributed by atoms with E-state index in [0.717, 1.165) is 12.6 Å². The number of hydrogen-bond donors (Lipinski definition) is 0. The van der Waals surface area contributed by atoms with E-state index in [1.165, 1.54) is 0 Å². The van der Waals surface area contributed by atoms with Crippen LogP contribution in [-0.4, -0.2) is 23.7 Å². The van der Waals surface area contributed by atoms with Gasteiger partial charge in [-0.05, 0) is 31.7 Å². The summed E-state index contributed by atoms with van der Waals surface area (Å²) in [4.78, 5) is 0. The summed E-state index contributed by atoms with van der Waals surface area (Å²) in [5.74, 6) is 0. The van der Waals surface area contributed by atoms with Gasteiger partial charge in [0, 0.05) is 7.55 Å². The average Bonchev–Trinajstić information content (AvgIpc) is 1.58. The van der Waals surface area contributed by atoms with Gasteiger partial charge in [-0.25, -0.2) is 4.21 Å². The Hall–Kier alpha value is 1.87. The molecule has 3 atom stereocenters. The molecule has 0 aliphatic heterocycles. The van der Waals surface area contributed by atoms with E-state index in [9.17, 15) is 4.21 Å². The van der Waals surface area contributed by atoms with E-state index in [1.807, 2.05) is 0 Å². The Bertz CT molecular complexity index is 196. The second-order valence-electron chi connectivity index (χ2n) is 3.39. The van der Waals surface area contributed by atoms with E-state index in [0.29, 0.717) is 0 Å². The molecule has 0 saturated carbocycles. The van der Waals surface area contributed by atoms with Crippen LogP contribution in [0.25, 0.3) is 0 Å². The molecule has 0 aromatic carbocycles. The van der Waals surface area contributed by atoms with E-state index in [1.54, 1.807) is 0 Å². The molecule has 0 aliphatic carbocycles. The summed E-state index contributed by atoms with van der Waals surface area (Å²) in [6, 6.07) is 0. The van der Waals surface area contributed by atoms with Gasteiger partial charge < -0.3 is 0 Å². The summed E-state index contributed by atoms with van der Waals surface area (Å²) in [5.41, 5.74) is 0. The van der Waals surface area contributed by atoms with Crippen molar-refractivity contribution < 1.29 is 4.21 Å². The van der Waals surface area contributed by atoms with Crippen molar-refractivity contribution in [3.8, 4) is 0 Å². The molecule has 0 aromatic heterocycles. The van der Waals surface area contributed by atoms with Crippen LogP contribution < -0.4 is 0 Å². The van der Waals surface area contributed by atoms with Crippen LogP contribution in [0.15, 0.2) is 0 Å². The van der Waals surface area contributed by atoms with Crippen LogP contribution in [0.3, 0.4) is 0 Å². The van der Waals surface area contributed by atoms with Crippen molar-refractivity contribution in [2.45, 2.75) is 13.3 Å². The van der Waals surface area contributed by atoms with E-state index in [4.69, 9.17) is 0 Å². The van der Waals surface area contributed by atoms with Crippen molar-refractivity contribution in [3.63, 3.8) is 0 Å². The average molecular weight is 251 g/mol. The molecule has 1 nitrogen and oxygen atoms in total. The van der Waals surface area contributed by atoms with Gasteiger partial charge in [-0.2, -0.15) is 0 Å². The van der Waals surface area contributed by atoms with Gasteiger partial charge in [0.15, 0.2) is 0 Å². The van der Waals surface area contributed by atoms with Gasteiger partial charge in [0.05, 0.1) is 26.0 Å². The highest BCUT2D eigenvalue weighted by Gasteiger charge is 2.44. The molecule has 0 fully saturated rings. The third-order valence-corrected chi connectivity index (χ3v) is 27.8. The van der Waals surface area contributed by atoms with Crippen LogP contribution in [0.5, 0.6) is 0 Å². The van der Waals surface area contributed by atoms with Gasteiger partial charge in [0.2, 0.25) is 0 Å². The fourth-order valence-corrected chi connectivity index (χ4v) is 6.77. The van der Waals surface area contributed by atoms with Crippen molar-refractivity contribution in [1.82, 2.24) is 0 Å². The van der Waals surface area contributed by atoms with Crippen LogP contribution in [-0.2, 0) is 7.55 Å². The maximum atomic E-state index is 12.1. The smallest absolute Gasteiger partial charge is 0.0783 e. The molecule has 0 rings (SSSR count). The van der Waals surface area contributed by atoms with Crippen LogP contribution >= 0.6 is 31.8 Å². The second kappa shape index (κ2) is 3.55. The van der Waals surface area contributed by atoms with Crippen LogP contribution in [0.2, 0.25) is 0 Å². The Morgan fingerprint density at radius 2 is 1.64 bits per heavy atom. The lowest BCUT2D eigenvalue weighted by atomic mass is 10.6. The molecule has 0 radical (unpaired) electrons. The zero-order chi connectivity index (χ0) is 9.36. The van der Waals surface area contributed by atoms with Gasteiger partial charge in [0.25, 0.3) is 0 Å². The maximum absolute atomic E-state index is 12.1. The van der Waals surface area contributed by atoms with Crippen LogP contribution in [0.1, 0.15) is 13.3 Å². The Morgan fingerprint density at radius 1 is 1.27 bits per heavy atom. The van der Waals surface area contributed by atoms with Crippen molar-refractivity contribution in [1.29, 1.82) is 0 Å².